The van der Waals surface area contributed by atoms with Gasteiger partial charge in [-0.05, 0) is 6.42 Å². The third-order valence-corrected chi connectivity index (χ3v) is 0.913. The van der Waals surface area contributed by atoms with Gasteiger partial charge >= 0.3 is 0 Å². The average Bonchev–Trinajstić information content (AvgIpc) is 1.72. The van der Waals surface area contributed by atoms with Crippen LogP contribution in [0, 0.1) is 0 Å². The molecule has 1 atom stereocenters. The molecular formula is C3H11BN2O. The molecule has 0 radical (unpaired) electrons. The number of hydroxylamine groups is 1. The molecule has 0 aliphatic heterocycles. The van der Waals surface area contributed by atoms with Crippen LogP contribution in [0.5, 0.6) is 0 Å². The first-order chi connectivity index (χ1) is 3.35. The Hall–Kier alpha value is -0.0551. The summed E-state index contributed by atoms with van der Waals surface area (Å²) in [5.74, 6) is 0. The molecule has 0 bridgehead atoms. The van der Waals surface area contributed by atoms with E-state index in [0.29, 0.717) is 0 Å². The van der Waals surface area contributed by atoms with Crippen LogP contribution < -0.4 is 10.7 Å². The van der Waals surface area contributed by atoms with Crippen LogP contribution in [0.2, 0.25) is 0 Å². The van der Waals surface area contributed by atoms with Crippen LogP contribution >= 0.6 is 0 Å². The van der Waals surface area contributed by atoms with Gasteiger partial charge in [0.05, 0.1) is 6.17 Å². The topological polar surface area (TPSA) is 44.3 Å². The van der Waals surface area contributed by atoms with Crippen molar-refractivity contribution in [3.05, 3.63) is 0 Å². The van der Waals surface area contributed by atoms with Crippen molar-refractivity contribution < 1.29 is 5.21 Å². The lowest BCUT2D eigenvalue weighted by Gasteiger charge is -2.09. The maximum atomic E-state index is 8.21. The lowest BCUT2D eigenvalue weighted by atomic mass is 10.3. The Labute approximate surface area is 44.5 Å². The number of hydrogen-bond acceptors (Lipinski definition) is 3. The van der Waals surface area contributed by atoms with Gasteiger partial charge in [-0.1, -0.05) is 6.92 Å². The van der Waals surface area contributed by atoms with Crippen molar-refractivity contribution in [1.82, 2.24) is 10.7 Å². The Morgan fingerprint density at radius 1 is 1.86 bits per heavy atom. The molecule has 0 saturated carbocycles. The molecule has 7 heavy (non-hydrogen) atoms. The van der Waals surface area contributed by atoms with Gasteiger partial charge in [0.25, 0.3) is 0 Å². The molecule has 3 N–H and O–H groups in total. The SMILES string of the molecule is BN[C@@H](CC)NO. The lowest BCUT2D eigenvalue weighted by Crippen LogP contribution is -2.38. The minimum Gasteiger partial charge on any atom is -0.346 e. The van der Waals surface area contributed by atoms with Gasteiger partial charge in [0, 0.05) is 0 Å². The molecule has 4 heteroatoms. The van der Waals surface area contributed by atoms with E-state index in [1.165, 1.54) is 0 Å². The summed E-state index contributed by atoms with van der Waals surface area (Å²) < 4.78 is 0. The Morgan fingerprint density at radius 3 is 2.43 bits per heavy atom. The molecule has 0 spiro atoms. The molecule has 42 valence electrons. The zero-order chi connectivity index (χ0) is 5.70. The molecule has 0 aromatic carbocycles. The van der Waals surface area contributed by atoms with Gasteiger partial charge in [-0.2, -0.15) is 5.48 Å². The van der Waals surface area contributed by atoms with Crippen LogP contribution in [0.15, 0.2) is 0 Å². The quantitative estimate of drug-likeness (QED) is 0.239. The molecule has 0 unspecified atom stereocenters. The summed E-state index contributed by atoms with van der Waals surface area (Å²) in [4.78, 5) is 0. The second-order valence-corrected chi connectivity index (χ2v) is 1.38. The minimum absolute atomic E-state index is 0.0417. The van der Waals surface area contributed by atoms with Gasteiger partial charge in [0.2, 0.25) is 0 Å². The smallest absolute Gasteiger partial charge is 0.183 e. The lowest BCUT2D eigenvalue weighted by molar-refractivity contribution is 0.119. The zero-order valence-corrected chi connectivity index (χ0v) is 4.73. The van der Waals surface area contributed by atoms with Crippen LogP contribution in [-0.4, -0.2) is 19.4 Å². The van der Waals surface area contributed by atoms with Crippen LogP contribution in [0.3, 0.4) is 0 Å². The fourth-order valence-electron chi connectivity index (χ4n) is 0.360. The number of hydrogen-bond donors (Lipinski definition) is 3. The minimum atomic E-state index is 0.0417. The van der Waals surface area contributed by atoms with Crippen molar-refractivity contribution in [2.75, 3.05) is 0 Å². The molecule has 3 nitrogen and oxygen atoms in total. The average molecular weight is 102 g/mol. The first-order valence-electron chi connectivity index (χ1n) is 2.42. The summed E-state index contributed by atoms with van der Waals surface area (Å²) in [7, 11) is 1.79. The maximum absolute atomic E-state index is 8.21. The molecule has 0 heterocycles. The summed E-state index contributed by atoms with van der Waals surface area (Å²) in [5, 5.41) is 11.1. The van der Waals surface area contributed by atoms with Gasteiger partial charge in [0.15, 0.2) is 7.98 Å². The highest BCUT2D eigenvalue weighted by molar-refractivity contribution is 6.04. The highest BCUT2D eigenvalue weighted by atomic mass is 16.5. The van der Waals surface area contributed by atoms with Gasteiger partial charge in [0.1, 0.15) is 0 Å². The molecular weight excluding hydrogens is 90.9 g/mol. The second kappa shape index (κ2) is 4.11. The fourth-order valence-corrected chi connectivity index (χ4v) is 0.360. The van der Waals surface area contributed by atoms with E-state index in [2.05, 4.69) is 10.7 Å². The van der Waals surface area contributed by atoms with E-state index in [9.17, 15) is 0 Å². The Kier molecular flexibility index (Phi) is 4.08. The van der Waals surface area contributed by atoms with Gasteiger partial charge in [-0.25, -0.2) is 0 Å². The number of nitrogens with one attached hydrogen (secondary N) is 2. The van der Waals surface area contributed by atoms with Gasteiger partial charge in [-0.15, -0.1) is 0 Å². The first-order valence-corrected chi connectivity index (χ1v) is 2.42. The molecule has 0 aliphatic carbocycles. The Balaban J connectivity index is 2.99. The number of rotatable bonds is 3. The standard InChI is InChI=1S/C3H11BN2O/c1-2-3(5-4)6-7/h3,5-7H,2,4H2,1H3/t3-/m1/s1. The molecule has 0 fully saturated rings. The third-order valence-electron chi connectivity index (χ3n) is 0.913. The van der Waals surface area contributed by atoms with E-state index in [4.69, 9.17) is 5.21 Å². The van der Waals surface area contributed by atoms with Crippen molar-refractivity contribution >= 4 is 7.98 Å². The summed E-state index contributed by atoms with van der Waals surface area (Å²) in [6.07, 6.45) is 0.924. The predicted molar refractivity (Wildman–Crippen MR) is 30.7 cm³/mol. The normalized spacial score (nSPS) is 14.0. The van der Waals surface area contributed by atoms with E-state index in [1.54, 1.807) is 7.98 Å². The van der Waals surface area contributed by atoms with Gasteiger partial charge < -0.3 is 10.4 Å². The van der Waals surface area contributed by atoms with Crippen molar-refractivity contribution in [3.8, 4) is 0 Å². The van der Waals surface area contributed by atoms with E-state index >= 15 is 0 Å². The zero-order valence-electron chi connectivity index (χ0n) is 4.73. The largest absolute Gasteiger partial charge is 0.346 e. The van der Waals surface area contributed by atoms with E-state index in [0.717, 1.165) is 6.42 Å². The first kappa shape index (κ1) is 6.94. The van der Waals surface area contributed by atoms with Crippen LogP contribution in [0.25, 0.3) is 0 Å². The highest BCUT2D eigenvalue weighted by Crippen LogP contribution is 1.78. The molecule has 0 aromatic heterocycles. The van der Waals surface area contributed by atoms with Crippen molar-refractivity contribution in [2.24, 2.45) is 0 Å². The van der Waals surface area contributed by atoms with E-state index in [-0.39, 0.29) is 6.17 Å². The van der Waals surface area contributed by atoms with E-state index < -0.39 is 0 Å². The fraction of sp³-hybridized carbons (Fsp3) is 1.00. The van der Waals surface area contributed by atoms with E-state index in [1.807, 2.05) is 6.92 Å². The molecule has 0 aliphatic rings. The van der Waals surface area contributed by atoms with Crippen molar-refractivity contribution in [1.29, 1.82) is 0 Å². The third kappa shape index (κ3) is 2.62. The summed E-state index contributed by atoms with van der Waals surface area (Å²) in [5.41, 5.74) is 2.09. The Bertz CT molecular complexity index is 34.4. The van der Waals surface area contributed by atoms with Crippen molar-refractivity contribution in [3.63, 3.8) is 0 Å². The highest BCUT2D eigenvalue weighted by Gasteiger charge is 1.94. The molecule has 0 saturated heterocycles. The summed E-state index contributed by atoms with van der Waals surface area (Å²) in [6.45, 7) is 1.98. The van der Waals surface area contributed by atoms with Crippen LogP contribution in [0.4, 0.5) is 0 Å². The summed E-state index contributed by atoms with van der Waals surface area (Å²) in [6, 6.07) is 0. The maximum Gasteiger partial charge on any atom is 0.183 e. The second-order valence-electron chi connectivity index (χ2n) is 1.38. The predicted octanol–water partition coefficient (Wildman–Crippen LogP) is -1.16. The van der Waals surface area contributed by atoms with Gasteiger partial charge in [-0.3, -0.25) is 0 Å². The van der Waals surface area contributed by atoms with Crippen LogP contribution in [0.1, 0.15) is 13.3 Å². The Morgan fingerprint density at radius 2 is 2.43 bits per heavy atom. The monoisotopic (exact) mass is 102 g/mol. The van der Waals surface area contributed by atoms with Crippen LogP contribution in [-0.2, 0) is 0 Å². The molecule has 0 amide bonds. The molecule has 0 rings (SSSR count). The van der Waals surface area contributed by atoms with Crippen molar-refractivity contribution in [2.45, 2.75) is 19.5 Å². The summed E-state index contributed by atoms with van der Waals surface area (Å²) >= 11 is 0. The molecule has 0 aromatic rings.